The van der Waals surface area contributed by atoms with Crippen LogP contribution in [0.4, 0.5) is 4.39 Å². The number of nitrogens with one attached hydrogen (secondary N) is 1. The number of fused-ring (bicyclic) bond motifs is 1. The average Bonchev–Trinajstić information content (AvgIpc) is 3.44. The standard InChI is InChI=1S/C26H27FN4O2/c1-16-22-14-29-31(21-8-6-20(27)7-9-21)24(22)12-18-5-4-17(26(16)18)11-23(30-25(33)15-32)19-3-2-10-28-13-19/h2-3,6-10,13-14,16-17,23,32H,4-5,11-12,15H2,1H3,(H,30,33)/t16-,17+,23?/m0/s1. The van der Waals surface area contributed by atoms with Gasteiger partial charge in [-0.2, -0.15) is 5.10 Å². The second-order valence-corrected chi connectivity index (χ2v) is 8.93. The fourth-order valence-electron chi connectivity index (χ4n) is 5.52. The molecule has 5 rings (SSSR count). The monoisotopic (exact) mass is 446 g/mol. The molecule has 1 aromatic carbocycles. The van der Waals surface area contributed by atoms with Crippen LogP contribution in [-0.2, 0) is 11.2 Å². The van der Waals surface area contributed by atoms with E-state index in [1.807, 2.05) is 23.0 Å². The molecule has 2 aliphatic carbocycles. The number of halogens is 1. The normalized spacial score (nSPS) is 20.3. The van der Waals surface area contributed by atoms with E-state index in [1.165, 1.54) is 34.5 Å². The zero-order valence-electron chi connectivity index (χ0n) is 18.5. The number of benzene rings is 1. The predicted molar refractivity (Wildman–Crippen MR) is 122 cm³/mol. The van der Waals surface area contributed by atoms with Gasteiger partial charge < -0.3 is 10.4 Å². The van der Waals surface area contributed by atoms with Crippen molar-refractivity contribution in [1.29, 1.82) is 0 Å². The number of aromatic nitrogens is 3. The van der Waals surface area contributed by atoms with Crippen LogP contribution in [0.25, 0.3) is 5.69 Å². The van der Waals surface area contributed by atoms with Gasteiger partial charge in [0.2, 0.25) is 5.91 Å². The maximum atomic E-state index is 13.4. The van der Waals surface area contributed by atoms with Crippen molar-refractivity contribution in [2.75, 3.05) is 6.61 Å². The average molecular weight is 447 g/mol. The van der Waals surface area contributed by atoms with Gasteiger partial charge in [-0.1, -0.05) is 24.1 Å². The number of hydrogen-bond acceptors (Lipinski definition) is 4. The molecule has 3 atom stereocenters. The molecule has 2 heterocycles. The summed E-state index contributed by atoms with van der Waals surface area (Å²) < 4.78 is 15.3. The summed E-state index contributed by atoms with van der Waals surface area (Å²) in [6.45, 7) is 1.70. The zero-order chi connectivity index (χ0) is 22.9. The van der Waals surface area contributed by atoms with Gasteiger partial charge in [-0.25, -0.2) is 9.07 Å². The van der Waals surface area contributed by atoms with E-state index in [4.69, 9.17) is 0 Å². The highest BCUT2D eigenvalue weighted by Crippen LogP contribution is 2.49. The van der Waals surface area contributed by atoms with Gasteiger partial charge in [0.15, 0.2) is 0 Å². The number of aliphatic hydroxyl groups is 1. The highest BCUT2D eigenvalue weighted by atomic mass is 19.1. The molecule has 2 N–H and O–H groups in total. The Hall–Kier alpha value is -3.32. The van der Waals surface area contributed by atoms with Crippen LogP contribution < -0.4 is 5.32 Å². The Bertz CT molecular complexity index is 1190. The van der Waals surface area contributed by atoms with Crippen LogP contribution in [0.15, 0.2) is 66.1 Å². The predicted octanol–water partition coefficient (Wildman–Crippen LogP) is 4.01. The minimum absolute atomic E-state index is 0.203. The number of hydrogen-bond donors (Lipinski definition) is 2. The first-order valence-corrected chi connectivity index (χ1v) is 11.4. The van der Waals surface area contributed by atoms with E-state index in [1.54, 1.807) is 24.5 Å². The molecule has 33 heavy (non-hydrogen) atoms. The Morgan fingerprint density at radius 1 is 1.27 bits per heavy atom. The van der Waals surface area contributed by atoms with Gasteiger partial charge in [0.1, 0.15) is 12.4 Å². The summed E-state index contributed by atoms with van der Waals surface area (Å²) >= 11 is 0. The Labute approximate surface area is 192 Å². The van der Waals surface area contributed by atoms with Gasteiger partial charge in [0.25, 0.3) is 0 Å². The van der Waals surface area contributed by atoms with Crippen LogP contribution in [0.2, 0.25) is 0 Å². The molecule has 3 aromatic rings. The molecule has 0 aliphatic heterocycles. The molecule has 0 saturated heterocycles. The molecule has 0 spiro atoms. The highest BCUT2D eigenvalue weighted by molar-refractivity contribution is 5.77. The molecule has 0 radical (unpaired) electrons. The first kappa shape index (κ1) is 21.5. The molecule has 7 heteroatoms. The number of carbonyl (C=O) groups excluding carboxylic acids is 1. The lowest BCUT2D eigenvalue weighted by Crippen LogP contribution is -2.32. The Morgan fingerprint density at radius 2 is 2.09 bits per heavy atom. The Morgan fingerprint density at radius 3 is 2.82 bits per heavy atom. The second-order valence-electron chi connectivity index (χ2n) is 8.93. The molecule has 0 fully saturated rings. The molecule has 1 amide bonds. The molecular formula is C26H27FN4O2. The van der Waals surface area contributed by atoms with Gasteiger partial charge in [0.05, 0.1) is 23.6 Å². The zero-order valence-corrected chi connectivity index (χ0v) is 18.5. The van der Waals surface area contributed by atoms with Crippen molar-refractivity contribution >= 4 is 5.91 Å². The number of amides is 1. The van der Waals surface area contributed by atoms with Gasteiger partial charge >= 0.3 is 0 Å². The lowest BCUT2D eigenvalue weighted by Gasteiger charge is -2.29. The number of nitrogens with zero attached hydrogens (tertiary/aromatic N) is 3. The first-order chi connectivity index (χ1) is 16.0. The number of rotatable bonds is 6. The highest BCUT2D eigenvalue weighted by Gasteiger charge is 2.37. The largest absolute Gasteiger partial charge is 0.387 e. The summed E-state index contributed by atoms with van der Waals surface area (Å²) in [7, 11) is 0. The molecule has 0 bridgehead atoms. The summed E-state index contributed by atoms with van der Waals surface area (Å²) in [6, 6.07) is 10.1. The topological polar surface area (TPSA) is 80.0 Å². The summed E-state index contributed by atoms with van der Waals surface area (Å²) in [5.41, 5.74) is 7.09. The summed E-state index contributed by atoms with van der Waals surface area (Å²) in [5.74, 6) is -0.0705. The molecule has 2 aromatic heterocycles. The minimum Gasteiger partial charge on any atom is -0.387 e. The van der Waals surface area contributed by atoms with E-state index in [0.29, 0.717) is 5.92 Å². The third kappa shape index (κ3) is 4.09. The lowest BCUT2D eigenvalue weighted by atomic mass is 9.78. The Balaban J connectivity index is 1.42. The fraction of sp³-hybridized carbons (Fsp3) is 0.346. The molecule has 2 aliphatic rings. The second kappa shape index (κ2) is 8.90. The Kier molecular flexibility index (Phi) is 5.81. The van der Waals surface area contributed by atoms with Gasteiger partial charge in [-0.3, -0.25) is 9.78 Å². The van der Waals surface area contributed by atoms with Crippen molar-refractivity contribution in [3.05, 3.63) is 88.8 Å². The first-order valence-electron chi connectivity index (χ1n) is 11.4. The van der Waals surface area contributed by atoms with Gasteiger partial charge in [-0.05, 0) is 61.1 Å². The van der Waals surface area contributed by atoms with Crippen molar-refractivity contribution in [2.45, 2.75) is 44.6 Å². The van der Waals surface area contributed by atoms with Crippen LogP contribution in [0.3, 0.4) is 0 Å². The quantitative estimate of drug-likeness (QED) is 0.561. The molecule has 0 saturated carbocycles. The molecule has 170 valence electrons. The maximum absolute atomic E-state index is 13.4. The van der Waals surface area contributed by atoms with Crippen LogP contribution in [0.5, 0.6) is 0 Å². The van der Waals surface area contributed by atoms with Gasteiger partial charge in [0, 0.05) is 30.3 Å². The van der Waals surface area contributed by atoms with E-state index < -0.39 is 6.61 Å². The van der Waals surface area contributed by atoms with E-state index in [-0.39, 0.29) is 23.7 Å². The van der Waals surface area contributed by atoms with Crippen LogP contribution in [-0.4, -0.2) is 32.4 Å². The van der Waals surface area contributed by atoms with Crippen LogP contribution in [0, 0.1) is 11.7 Å². The van der Waals surface area contributed by atoms with Crippen molar-refractivity contribution in [1.82, 2.24) is 20.1 Å². The third-order valence-electron chi connectivity index (χ3n) is 7.01. The van der Waals surface area contributed by atoms with E-state index in [2.05, 4.69) is 22.3 Å². The summed E-state index contributed by atoms with van der Waals surface area (Å²) in [5, 5.41) is 16.9. The van der Waals surface area contributed by atoms with Crippen molar-refractivity contribution in [3.8, 4) is 5.69 Å². The third-order valence-corrected chi connectivity index (χ3v) is 7.01. The van der Waals surface area contributed by atoms with Crippen molar-refractivity contribution < 1.29 is 14.3 Å². The van der Waals surface area contributed by atoms with Gasteiger partial charge in [-0.15, -0.1) is 0 Å². The lowest BCUT2D eigenvalue weighted by molar-refractivity contribution is -0.124. The summed E-state index contributed by atoms with van der Waals surface area (Å²) in [4.78, 5) is 16.2. The van der Waals surface area contributed by atoms with Crippen molar-refractivity contribution in [2.24, 2.45) is 5.92 Å². The van der Waals surface area contributed by atoms with Crippen molar-refractivity contribution in [3.63, 3.8) is 0 Å². The molecule has 6 nitrogen and oxygen atoms in total. The smallest absolute Gasteiger partial charge is 0.246 e. The van der Waals surface area contributed by atoms with Crippen LogP contribution in [0.1, 0.15) is 55.0 Å². The maximum Gasteiger partial charge on any atom is 0.246 e. The summed E-state index contributed by atoms with van der Waals surface area (Å²) in [6.07, 6.45) is 9.09. The SMILES string of the molecule is C[C@@H]1C2=C(CC[C@@H]2CC(NC(=O)CO)c2cccnc2)Cc2c1cnn2-c1ccc(F)cc1. The van der Waals surface area contributed by atoms with E-state index >= 15 is 0 Å². The molecular weight excluding hydrogens is 419 g/mol. The van der Waals surface area contributed by atoms with E-state index in [0.717, 1.165) is 36.9 Å². The van der Waals surface area contributed by atoms with Crippen LogP contribution >= 0.6 is 0 Å². The minimum atomic E-state index is -0.530. The van der Waals surface area contributed by atoms with E-state index in [9.17, 15) is 14.3 Å². The number of allylic oxidation sites excluding steroid dienone is 2. The number of aliphatic hydroxyl groups excluding tert-OH is 1. The molecule has 1 unspecified atom stereocenters. The number of carbonyl (C=O) groups is 1. The fourth-order valence-corrected chi connectivity index (χ4v) is 5.52. The number of pyridine rings is 1.